The van der Waals surface area contributed by atoms with E-state index in [1.807, 2.05) is 12.1 Å². The van der Waals surface area contributed by atoms with Crippen molar-refractivity contribution in [3.05, 3.63) is 35.8 Å². The number of rotatable bonds is 3. The van der Waals surface area contributed by atoms with Gasteiger partial charge >= 0.3 is 0 Å². The normalized spacial score (nSPS) is 17.0. The number of H-pyrrole nitrogens is 1. The van der Waals surface area contributed by atoms with Crippen LogP contribution in [0.5, 0.6) is 0 Å². The Morgan fingerprint density at radius 3 is 2.88 bits per heavy atom. The Kier molecular flexibility index (Phi) is 2.85. The summed E-state index contributed by atoms with van der Waals surface area (Å²) in [4.78, 5) is 3.26. The van der Waals surface area contributed by atoms with Gasteiger partial charge in [-0.05, 0) is 31.0 Å². The van der Waals surface area contributed by atoms with Gasteiger partial charge in [-0.3, -0.25) is 0 Å². The van der Waals surface area contributed by atoms with Gasteiger partial charge < -0.3 is 10.3 Å². The van der Waals surface area contributed by atoms with Gasteiger partial charge in [-0.25, -0.2) is 4.39 Å². The molecule has 0 aliphatic heterocycles. The van der Waals surface area contributed by atoms with Crippen molar-refractivity contribution in [1.82, 2.24) is 10.3 Å². The van der Waals surface area contributed by atoms with Crippen LogP contribution in [0, 0.1) is 5.82 Å². The zero-order chi connectivity index (χ0) is 11.7. The molecule has 0 atom stereocenters. The number of fused-ring (bicyclic) bond motifs is 1. The van der Waals surface area contributed by atoms with Crippen LogP contribution in [0.4, 0.5) is 4.39 Å². The summed E-state index contributed by atoms with van der Waals surface area (Å²) in [7, 11) is 0. The van der Waals surface area contributed by atoms with E-state index in [9.17, 15) is 4.39 Å². The minimum absolute atomic E-state index is 0.147. The summed E-state index contributed by atoms with van der Waals surface area (Å²) in [5.41, 5.74) is 1.95. The molecule has 0 radical (unpaired) electrons. The third kappa shape index (κ3) is 2.20. The first kappa shape index (κ1) is 10.8. The Bertz CT molecular complexity index is 512. The van der Waals surface area contributed by atoms with E-state index >= 15 is 0 Å². The molecular formula is C14H17FN2. The lowest BCUT2D eigenvalue weighted by molar-refractivity contribution is 0.520. The fourth-order valence-electron chi connectivity index (χ4n) is 2.66. The smallest absolute Gasteiger partial charge is 0.132 e. The van der Waals surface area contributed by atoms with Crippen molar-refractivity contribution in [2.24, 2.45) is 0 Å². The van der Waals surface area contributed by atoms with E-state index in [-0.39, 0.29) is 5.82 Å². The standard InChI is InChI=1S/C14H17FN2/c15-13-6-3-7-14-12(13)8-11(17-14)9-16-10-4-1-2-5-10/h3,6-8,10,16-17H,1-2,4-5,9H2. The molecule has 3 rings (SSSR count). The minimum Gasteiger partial charge on any atom is -0.357 e. The molecule has 1 fully saturated rings. The average molecular weight is 232 g/mol. The minimum atomic E-state index is -0.147. The quantitative estimate of drug-likeness (QED) is 0.834. The monoisotopic (exact) mass is 232 g/mol. The van der Waals surface area contributed by atoms with E-state index in [0.29, 0.717) is 11.4 Å². The molecular weight excluding hydrogens is 215 g/mol. The van der Waals surface area contributed by atoms with Crippen molar-refractivity contribution in [2.45, 2.75) is 38.3 Å². The van der Waals surface area contributed by atoms with Crippen LogP contribution in [0.3, 0.4) is 0 Å². The maximum atomic E-state index is 13.5. The number of nitrogens with one attached hydrogen (secondary N) is 2. The van der Waals surface area contributed by atoms with Crippen LogP contribution in [0.15, 0.2) is 24.3 Å². The van der Waals surface area contributed by atoms with Gasteiger partial charge in [-0.1, -0.05) is 18.9 Å². The Labute approximate surface area is 100 Å². The number of aromatic amines is 1. The van der Waals surface area contributed by atoms with Crippen LogP contribution in [-0.2, 0) is 6.54 Å². The van der Waals surface area contributed by atoms with Crippen molar-refractivity contribution in [3.8, 4) is 0 Å². The van der Waals surface area contributed by atoms with Crippen molar-refractivity contribution >= 4 is 10.9 Å². The molecule has 2 nitrogen and oxygen atoms in total. The average Bonchev–Trinajstić information content (AvgIpc) is 2.95. The summed E-state index contributed by atoms with van der Waals surface area (Å²) in [5.74, 6) is -0.147. The van der Waals surface area contributed by atoms with Crippen molar-refractivity contribution in [2.75, 3.05) is 0 Å². The summed E-state index contributed by atoms with van der Waals surface area (Å²) in [6.45, 7) is 0.804. The Balaban J connectivity index is 1.74. The fourth-order valence-corrected chi connectivity index (χ4v) is 2.66. The van der Waals surface area contributed by atoms with Crippen LogP contribution in [0.2, 0.25) is 0 Å². The number of hydrogen-bond donors (Lipinski definition) is 2. The maximum Gasteiger partial charge on any atom is 0.132 e. The molecule has 1 heterocycles. The van der Waals surface area contributed by atoms with Gasteiger partial charge in [0.25, 0.3) is 0 Å². The second-order valence-corrected chi connectivity index (χ2v) is 4.86. The SMILES string of the molecule is Fc1cccc2[nH]c(CNC3CCCC3)cc12. The van der Waals surface area contributed by atoms with Crippen molar-refractivity contribution in [3.63, 3.8) is 0 Å². The summed E-state index contributed by atoms with van der Waals surface area (Å²) in [5, 5.41) is 4.22. The second kappa shape index (κ2) is 4.49. The van der Waals surface area contributed by atoms with Crippen LogP contribution in [0.1, 0.15) is 31.4 Å². The zero-order valence-corrected chi connectivity index (χ0v) is 9.80. The number of hydrogen-bond acceptors (Lipinski definition) is 1. The lowest BCUT2D eigenvalue weighted by Crippen LogP contribution is -2.25. The third-order valence-corrected chi connectivity index (χ3v) is 3.60. The lowest BCUT2D eigenvalue weighted by Gasteiger charge is -2.10. The predicted molar refractivity (Wildman–Crippen MR) is 67.4 cm³/mol. The highest BCUT2D eigenvalue weighted by atomic mass is 19.1. The van der Waals surface area contributed by atoms with Gasteiger partial charge in [0.1, 0.15) is 5.82 Å². The topological polar surface area (TPSA) is 27.8 Å². The zero-order valence-electron chi connectivity index (χ0n) is 9.80. The molecule has 0 bridgehead atoms. The Morgan fingerprint density at radius 2 is 2.12 bits per heavy atom. The summed E-state index contributed by atoms with van der Waals surface area (Å²) < 4.78 is 13.5. The van der Waals surface area contributed by atoms with Crippen LogP contribution in [0.25, 0.3) is 10.9 Å². The van der Waals surface area contributed by atoms with Crippen molar-refractivity contribution in [1.29, 1.82) is 0 Å². The molecule has 1 aliphatic rings. The highest BCUT2D eigenvalue weighted by molar-refractivity contribution is 5.80. The first-order valence-corrected chi connectivity index (χ1v) is 6.32. The van der Waals surface area contributed by atoms with E-state index in [0.717, 1.165) is 17.8 Å². The van der Waals surface area contributed by atoms with E-state index < -0.39 is 0 Å². The number of aromatic nitrogens is 1. The van der Waals surface area contributed by atoms with E-state index in [1.54, 1.807) is 6.07 Å². The lowest BCUT2D eigenvalue weighted by atomic mass is 10.2. The molecule has 1 aliphatic carbocycles. The molecule has 0 unspecified atom stereocenters. The molecule has 17 heavy (non-hydrogen) atoms. The molecule has 1 aromatic carbocycles. The number of benzene rings is 1. The molecule has 90 valence electrons. The van der Waals surface area contributed by atoms with Gasteiger partial charge in [0.2, 0.25) is 0 Å². The molecule has 1 saturated carbocycles. The van der Waals surface area contributed by atoms with Crippen molar-refractivity contribution < 1.29 is 4.39 Å². The molecule has 0 spiro atoms. The summed E-state index contributed by atoms with van der Waals surface area (Å²) in [6, 6.07) is 7.71. The summed E-state index contributed by atoms with van der Waals surface area (Å²) in [6.07, 6.45) is 5.21. The van der Waals surface area contributed by atoms with Crippen LogP contribution >= 0.6 is 0 Å². The van der Waals surface area contributed by atoms with Crippen LogP contribution < -0.4 is 5.32 Å². The molecule has 3 heteroatoms. The first-order chi connectivity index (χ1) is 8.33. The van der Waals surface area contributed by atoms with E-state index in [1.165, 1.54) is 31.7 Å². The Morgan fingerprint density at radius 1 is 1.29 bits per heavy atom. The molecule has 2 N–H and O–H groups in total. The van der Waals surface area contributed by atoms with Gasteiger partial charge in [0.05, 0.1) is 0 Å². The second-order valence-electron chi connectivity index (χ2n) is 4.86. The molecule has 2 aromatic rings. The van der Waals surface area contributed by atoms with Gasteiger partial charge in [-0.2, -0.15) is 0 Å². The van der Waals surface area contributed by atoms with Gasteiger partial charge in [0.15, 0.2) is 0 Å². The Hall–Kier alpha value is -1.35. The highest BCUT2D eigenvalue weighted by Gasteiger charge is 2.14. The van der Waals surface area contributed by atoms with E-state index in [4.69, 9.17) is 0 Å². The molecule has 0 amide bonds. The maximum absolute atomic E-state index is 13.5. The largest absolute Gasteiger partial charge is 0.357 e. The summed E-state index contributed by atoms with van der Waals surface area (Å²) >= 11 is 0. The fraction of sp³-hybridized carbons (Fsp3) is 0.429. The van der Waals surface area contributed by atoms with E-state index in [2.05, 4.69) is 10.3 Å². The number of halogens is 1. The van der Waals surface area contributed by atoms with Gasteiger partial charge in [0, 0.05) is 29.2 Å². The first-order valence-electron chi connectivity index (χ1n) is 6.32. The highest BCUT2D eigenvalue weighted by Crippen LogP contribution is 2.20. The van der Waals surface area contributed by atoms with Crippen LogP contribution in [-0.4, -0.2) is 11.0 Å². The predicted octanol–water partition coefficient (Wildman–Crippen LogP) is 3.34. The third-order valence-electron chi connectivity index (χ3n) is 3.60. The van der Waals surface area contributed by atoms with Gasteiger partial charge in [-0.15, -0.1) is 0 Å². The molecule has 1 aromatic heterocycles. The molecule has 0 saturated heterocycles.